The van der Waals surface area contributed by atoms with Crippen LogP contribution in [0.25, 0.3) is 0 Å². The molecule has 0 amide bonds. The molecule has 0 aliphatic carbocycles. The maximum absolute atomic E-state index is 5.87. The molecular weight excluding hydrogens is 304 g/mol. The maximum Gasteiger partial charge on any atom is 0.150 e. The molecule has 2 atom stereocenters. The van der Waals surface area contributed by atoms with E-state index in [0.717, 1.165) is 29.3 Å². The summed E-state index contributed by atoms with van der Waals surface area (Å²) in [5.41, 5.74) is 1.28. The van der Waals surface area contributed by atoms with Crippen molar-refractivity contribution in [2.75, 3.05) is 13.1 Å². The van der Waals surface area contributed by atoms with Crippen LogP contribution in [0.2, 0.25) is 5.02 Å². The van der Waals surface area contributed by atoms with Crippen LogP contribution < -0.4 is 0 Å². The average molecular weight is 316 g/mol. The quantitative estimate of drug-likeness (QED) is 0.838. The molecule has 0 bridgehead atoms. The molecule has 2 aliphatic heterocycles. The van der Waals surface area contributed by atoms with Gasteiger partial charge in [0.15, 0.2) is 0 Å². The van der Waals surface area contributed by atoms with Crippen molar-refractivity contribution in [1.82, 2.24) is 4.90 Å². The third-order valence-corrected chi connectivity index (χ3v) is 4.23. The van der Waals surface area contributed by atoms with Gasteiger partial charge in [-0.15, -0.1) is 0 Å². The zero-order valence-corrected chi connectivity index (χ0v) is 11.5. The number of benzene rings is 1. The fourth-order valence-electron chi connectivity index (χ4n) is 2.35. The molecule has 3 nitrogen and oxygen atoms in total. The van der Waals surface area contributed by atoms with E-state index < -0.39 is 0 Å². The number of likely N-dealkylation sites (tertiary alicyclic amines) is 1. The minimum absolute atomic E-state index is 0.219. The van der Waals surface area contributed by atoms with Gasteiger partial charge in [-0.25, -0.2) is 0 Å². The largest absolute Gasteiger partial charge is 0.390 e. The van der Waals surface area contributed by atoms with E-state index in [1.807, 2.05) is 12.1 Å². The second-order valence-electron chi connectivity index (χ2n) is 4.48. The van der Waals surface area contributed by atoms with Crippen molar-refractivity contribution in [3.05, 3.63) is 34.9 Å². The van der Waals surface area contributed by atoms with Gasteiger partial charge in [0.1, 0.15) is 10.7 Å². The van der Waals surface area contributed by atoms with E-state index in [1.165, 1.54) is 5.56 Å². The number of fused-ring (bicyclic) bond motifs is 1. The Hall–Kier alpha value is -0.580. The average Bonchev–Trinajstić information content (AvgIpc) is 2.85. The highest BCUT2D eigenvalue weighted by Gasteiger charge is 2.41. The molecule has 1 saturated heterocycles. The van der Waals surface area contributed by atoms with Crippen LogP contribution in [0.1, 0.15) is 5.56 Å². The lowest BCUT2D eigenvalue weighted by Crippen LogP contribution is -2.22. The van der Waals surface area contributed by atoms with Gasteiger partial charge in [-0.2, -0.15) is 0 Å². The Balaban J connectivity index is 1.64. The van der Waals surface area contributed by atoms with Crippen molar-refractivity contribution in [3.63, 3.8) is 0 Å². The molecule has 0 radical (unpaired) electrons. The molecule has 17 heavy (non-hydrogen) atoms. The van der Waals surface area contributed by atoms with Crippen LogP contribution in [0.5, 0.6) is 0 Å². The Morgan fingerprint density at radius 1 is 1.35 bits per heavy atom. The van der Waals surface area contributed by atoms with Crippen molar-refractivity contribution in [2.24, 2.45) is 11.1 Å². The summed E-state index contributed by atoms with van der Waals surface area (Å²) in [6.07, 6.45) is 0.219. The summed E-state index contributed by atoms with van der Waals surface area (Å²) in [4.78, 5) is 7.74. The van der Waals surface area contributed by atoms with Gasteiger partial charge in [-0.05, 0) is 33.6 Å². The van der Waals surface area contributed by atoms with Crippen LogP contribution in [0.15, 0.2) is 29.4 Å². The first-order valence-electron chi connectivity index (χ1n) is 5.58. The molecule has 5 heteroatoms. The third kappa shape index (κ3) is 2.34. The Labute approximate surface area is 114 Å². The SMILES string of the molecule is Clc1ccc(CN2C[C@@H]3C(Br)=NO[C@@H]3C2)cc1. The molecule has 90 valence electrons. The summed E-state index contributed by atoms with van der Waals surface area (Å²) in [6.45, 7) is 2.87. The minimum atomic E-state index is 0.219. The van der Waals surface area contributed by atoms with Gasteiger partial charge < -0.3 is 4.84 Å². The first kappa shape index (κ1) is 11.5. The predicted molar refractivity (Wildman–Crippen MR) is 71.5 cm³/mol. The zero-order valence-electron chi connectivity index (χ0n) is 9.14. The molecule has 1 aromatic rings. The van der Waals surface area contributed by atoms with Gasteiger partial charge >= 0.3 is 0 Å². The lowest BCUT2D eigenvalue weighted by atomic mass is 10.1. The monoisotopic (exact) mass is 314 g/mol. The zero-order chi connectivity index (χ0) is 11.8. The summed E-state index contributed by atoms with van der Waals surface area (Å²) < 4.78 is 0.945. The van der Waals surface area contributed by atoms with E-state index >= 15 is 0 Å². The molecule has 0 spiro atoms. The molecule has 0 saturated carbocycles. The van der Waals surface area contributed by atoms with Crippen LogP contribution in [-0.4, -0.2) is 28.7 Å². The summed E-state index contributed by atoms with van der Waals surface area (Å²) in [7, 11) is 0. The van der Waals surface area contributed by atoms with Crippen LogP contribution >= 0.6 is 27.5 Å². The van der Waals surface area contributed by atoms with Gasteiger partial charge in [-0.1, -0.05) is 28.9 Å². The van der Waals surface area contributed by atoms with Crippen molar-refractivity contribution in [3.8, 4) is 0 Å². The normalized spacial score (nSPS) is 27.8. The van der Waals surface area contributed by atoms with E-state index in [0.29, 0.717) is 5.92 Å². The third-order valence-electron chi connectivity index (χ3n) is 3.24. The highest BCUT2D eigenvalue weighted by atomic mass is 79.9. The molecule has 1 fully saturated rings. The Morgan fingerprint density at radius 3 is 2.82 bits per heavy atom. The van der Waals surface area contributed by atoms with E-state index in [1.54, 1.807) is 0 Å². The van der Waals surface area contributed by atoms with Crippen LogP contribution in [0, 0.1) is 5.92 Å². The summed E-state index contributed by atoms with van der Waals surface area (Å²) in [6, 6.07) is 8.00. The number of oxime groups is 1. The molecule has 2 aliphatic rings. The molecular formula is C12H12BrClN2O. The second kappa shape index (κ2) is 4.59. The second-order valence-corrected chi connectivity index (χ2v) is 5.73. The van der Waals surface area contributed by atoms with Crippen LogP contribution in [-0.2, 0) is 11.4 Å². The Bertz CT molecular complexity index is 448. The van der Waals surface area contributed by atoms with E-state index in [-0.39, 0.29) is 6.10 Å². The molecule has 0 unspecified atom stereocenters. The molecule has 1 aromatic carbocycles. The molecule has 0 aromatic heterocycles. The van der Waals surface area contributed by atoms with E-state index in [2.05, 4.69) is 38.1 Å². The van der Waals surface area contributed by atoms with Gasteiger partial charge in [0.25, 0.3) is 0 Å². The fraction of sp³-hybridized carbons (Fsp3) is 0.417. The molecule has 0 N–H and O–H groups in total. The number of rotatable bonds is 2. The highest BCUT2D eigenvalue weighted by Crippen LogP contribution is 2.30. The maximum atomic E-state index is 5.87. The van der Waals surface area contributed by atoms with Crippen molar-refractivity contribution >= 4 is 32.2 Å². The smallest absolute Gasteiger partial charge is 0.150 e. The number of nitrogens with zero attached hydrogens (tertiary/aromatic N) is 2. The standard InChI is InChI=1S/C12H12BrClN2O/c13-12-10-6-16(7-11(10)17-15-12)5-8-1-3-9(14)4-2-8/h1-4,10-11H,5-7H2/t10-,11+/m0/s1. The van der Waals surface area contributed by atoms with E-state index in [9.17, 15) is 0 Å². The van der Waals surface area contributed by atoms with Crippen LogP contribution in [0.3, 0.4) is 0 Å². The van der Waals surface area contributed by atoms with Crippen LogP contribution in [0.4, 0.5) is 0 Å². The summed E-state index contributed by atoms with van der Waals surface area (Å²) in [5, 5.41) is 4.75. The first-order valence-corrected chi connectivity index (χ1v) is 6.75. The van der Waals surface area contributed by atoms with Crippen molar-refractivity contribution in [2.45, 2.75) is 12.6 Å². The predicted octanol–water partition coefficient (Wildman–Crippen LogP) is 2.88. The van der Waals surface area contributed by atoms with Gasteiger partial charge in [-0.3, -0.25) is 4.90 Å². The summed E-state index contributed by atoms with van der Waals surface area (Å²) in [5.74, 6) is 0.405. The Morgan fingerprint density at radius 2 is 2.12 bits per heavy atom. The van der Waals surface area contributed by atoms with Crippen molar-refractivity contribution < 1.29 is 4.84 Å². The number of hydrogen-bond acceptors (Lipinski definition) is 3. The fourth-order valence-corrected chi connectivity index (χ4v) is 3.00. The molecule has 2 heterocycles. The van der Waals surface area contributed by atoms with E-state index in [4.69, 9.17) is 16.4 Å². The van der Waals surface area contributed by atoms with Gasteiger partial charge in [0.05, 0.1) is 5.92 Å². The lowest BCUT2D eigenvalue weighted by molar-refractivity contribution is 0.0745. The lowest BCUT2D eigenvalue weighted by Gasteiger charge is -2.15. The van der Waals surface area contributed by atoms with Crippen molar-refractivity contribution in [1.29, 1.82) is 0 Å². The summed E-state index contributed by atoms with van der Waals surface area (Å²) >= 11 is 9.32. The topological polar surface area (TPSA) is 24.8 Å². The van der Waals surface area contributed by atoms with Gasteiger partial charge in [0, 0.05) is 24.7 Å². The Kier molecular flexibility index (Phi) is 3.11. The van der Waals surface area contributed by atoms with Gasteiger partial charge in [0.2, 0.25) is 0 Å². The number of halogens is 2. The highest BCUT2D eigenvalue weighted by molar-refractivity contribution is 9.18. The molecule has 3 rings (SSSR count). The minimum Gasteiger partial charge on any atom is -0.390 e. The first-order chi connectivity index (χ1) is 8.22. The number of hydrogen-bond donors (Lipinski definition) is 0.